The maximum Gasteiger partial charge on any atom is 0.163 e. The Kier molecular flexibility index (Phi) is 8.22. The van der Waals surface area contributed by atoms with Crippen LogP contribution in [0.4, 0.5) is 0 Å². The molecule has 0 radical (unpaired) electrons. The van der Waals surface area contributed by atoms with Crippen molar-refractivity contribution < 1.29 is 9.47 Å². The van der Waals surface area contributed by atoms with E-state index < -0.39 is 0 Å². The number of rotatable bonds is 10. The fourth-order valence-corrected chi connectivity index (χ4v) is 4.16. The average molecular weight is 417 g/mol. The number of nitrogens with zero attached hydrogens (tertiary/aromatic N) is 1. The smallest absolute Gasteiger partial charge is 0.163 e. The molecule has 29 heavy (non-hydrogen) atoms. The van der Waals surface area contributed by atoms with Gasteiger partial charge < -0.3 is 14.8 Å². The van der Waals surface area contributed by atoms with Gasteiger partial charge in [-0.25, -0.2) is 0 Å². The molecular weight excluding hydrogens is 384 g/mol. The third kappa shape index (κ3) is 5.88. The van der Waals surface area contributed by atoms with Crippen LogP contribution < -0.4 is 14.8 Å². The van der Waals surface area contributed by atoms with E-state index in [4.69, 9.17) is 21.1 Å². The molecule has 158 valence electrons. The molecule has 3 rings (SSSR count). The van der Waals surface area contributed by atoms with Crippen molar-refractivity contribution in [3.05, 3.63) is 58.1 Å². The van der Waals surface area contributed by atoms with Crippen LogP contribution in [-0.4, -0.2) is 37.2 Å². The van der Waals surface area contributed by atoms with Crippen molar-refractivity contribution in [2.45, 2.75) is 52.8 Å². The van der Waals surface area contributed by atoms with E-state index in [-0.39, 0.29) is 0 Å². The maximum absolute atomic E-state index is 6.58. The highest BCUT2D eigenvalue weighted by atomic mass is 35.5. The Morgan fingerprint density at radius 3 is 2.66 bits per heavy atom. The van der Waals surface area contributed by atoms with Gasteiger partial charge >= 0.3 is 0 Å². The Morgan fingerprint density at radius 1 is 1.10 bits per heavy atom. The Hall–Kier alpha value is -1.75. The molecule has 1 fully saturated rings. The van der Waals surface area contributed by atoms with Gasteiger partial charge in [0, 0.05) is 30.2 Å². The number of likely N-dealkylation sites (N-methyl/N-ethyl adjacent to an activating group) is 1. The fraction of sp³-hybridized carbons (Fsp3) is 0.500. The largest absolute Gasteiger partial charge is 0.490 e. The van der Waals surface area contributed by atoms with Gasteiger partial charge in [0.15, 0.2) is 11.5 Å². The van der Waals surface area contributed by atoms with Gasteiger partial charge in [-0.3, -0.25) is 4.90 Å². The number of nitrogens with one attached hydrogen (secondary N) is 1. The average Bonchev–Trinajstić information content (AvgIpc) is 3.17. The predicted molar refractivity (Wildman–Crippen MR) is 120 cm³/mol. The summed E-state index contributed by atoms with van der Waals surface area (Å²) >= 11 is 6.58. The quantitative estimate of drug-likeness (QED) is 0.577. The SMILES string of the molecule is CCOc1cc(CNCC2CCCN2CC)c(Cl)cc1OCc1ccccc1C. The van der Waals surface area contributed by atoms with Crippen LogP contribution in [0.3, 0.4) is 0 Å². The van der Waals surface area contributed by atoms with Crippen molar-refractivity contribution in [1.29, 1.82) is 0 Å². The van der Waals surface area contributed by atoms with Crippen LogP contribution in [0.25, 0.3) is 0 Å². The summed E-state index contributed by atoms with van der Waals surface area (Å²) in [6.07, 6.45) is 2.56. The summed E-state index contributed by atoms with van der Waals surface area (Å²) in [4.78, 5) is 2.54. The second-order valence-electron chi connectivity index (χ2n) is 7.59. The molecule has 1 N–H and O–H groups in total. The molecule has 2 aromatic rings. The first-order valence-electron chi connectivity index (χ1n) is 10.7. The lowest BCUT2D eigenvalue weighted by Gasteiger charge is -2.23. The molecule has 1 aliphatic heterocycles. The Balaban J connectivity index is 1.64. The number of ether oxygens (including phenoxy) is 2. The molecule has 4 nitrogen and oxygen atoms in total. The molecule has 0 spiro atoms. The molecule has 1 saturated heterocycles. The number of hydrogen-bond donors (Lipinski definition) is 1. The van der Waals surface area contributed by atoms with E-state index in [1.165, 1.54) is 24.9 Å². The van der Waals surface area contributed by atoms with E-state index in [0.717, 1.165) is 36.5 Å². The summed E-state index contributed by atoms with van der Waals surface area (Å²) in [6.45, 7) is 11.4. The normalized spacial score (nSPS) is 16.9. The van der Waals surface area contributed by atoms with E-state index in [0.29, 0.717) is 30.0 Å². The standard InChI is InChI=1S/C24H33ClN2O2/c1-4-27-12-8-11-21(27)16-26-15-20-13-23(28-5-2)24(14-22(20)25)29-17-19-10-7-6-9-18(19)3/h6-7,9-10,13-14,21,26H,4-5,8,11-12,15-17H2,1-3H3. The van der Waals surface area contributed by atoms with Crippen molar-refractivity contribution in [3.8, 4) is 11.5 Å². The lowest BCUT2D eigenvalue weighted by molar-refractivity contribution is 0.259. The molecule has 0 aliphatic carbocycles. The van der Waals surface area contributed by atoms with Crippen molar-refractivity contribution >= 4 is 11.6 Å². The summed E-state index contributed by atoms with van der Waals surface area (Å²) in [5.74, 6) is 1.44. The molecule has 1 unspecified atom stereocenters. The first-order valence-corrected chi connectivity index (χ1v) is 11.1. The zero-order chi connectivity index (χ0) is 20.6. The van der Waals surface area contributed by atoms with Crippen molar-refractivity contribution in [1.82, 2.24) is 10.2 Å². The second kappa shape index (κ2) is 10.9. The highest BCUT2D eigenvalue weighted by Gasteiger charge is 2.22. The molecule has 0 saturated carbocycles. The van der Waals surface area contributed by atoms with Crippen LogP contribution >= 0.6 is 11.6 Å². The molecule has 5 heteroatoms. The first-order chi connectivity index (χ1) is 14.1. The first kappa shape index (κ1) is 21.9. The molecule has 1 atom stereocenters. The Morgan fingerprint density at radius 2 is 1.90 bits per heavy atom. The predicted octanol–water partition coefficient (Wildman–Crippen LogP) is 5.20. The number of halogens is 1. The van der Waals surface area contributed by atoms with Gasteiger partial charge in [0.25, 0.3) is 0 Å². The molecule has 0 aromatic heterocycles. The molecule has 2 aromatic carbocycles. The highest BCUT2D eigenvalue weighted by Crippen LogP contribution is 2.34. The molecule has 1 heterocycles. The number of aryl methyl sites for hydroxylation is 1. The monoisotopic (exact) mass is 416 g/mol. The van der Waals surface area contributed by atoms with Crippen LogP contribution in [0, 0.1) is 6.92 Å². The van der Waals surface area contributed by atoms with Crippen LogP contribution in [0.15, 0.2) is 36.4 Å². The van der Waals surface area contributed by atoms with Gasteiger partial charge in [-0.2, -0.15) is 0 Å². The molecule has 1 aliphatic rings. The number of benzene rings is 2. The van der Waals surface area contributed by atoms with Crippen molar-refractivity contribution in [2.75, 3.05) is 26.2 Å². The zero-order valence-corrected chi connectivity index (χ0v) is 18.6. The molecular formula is C24H33ClN2O2. The summed E-state index contributed by atoms with van der Waals surface area (Å²) in [5, 5.41) is 4.29. The van der Waals surface area contributed by atoms with E-state index in [2.05, 4.69) is 36.2 Å². The minimum Gasteiger partial charge on any atom is -0.490 e. The summed E-state index contributed by atoms with van der Waals surface area (Å²) in [5.41, 5.74) is 3.42. The Bertz CT molecular complexity index is 796. The van der Waals surface area contributed by atoms with Gasteiger partial charge in [0.2, 0.25) is 0 Å². The van der Waals surface area contributed by atoms with Crippen LogP contribution in [0.5, 0.6) is 11.5 Å². The summed E-state index contributed by atoms with van der Waals surface area (Å²) in [6, 6.07) is 12.8. The molecule has 0 bridgehead atoms. The maximum atomic E-state index is 6.58. The van der Waals surface area contributed by atoms with E-state index in [1.807, 2.05) is 31.2 Å². The van der Waals surface area contributed by atoms with Gasteiger partial charge in [-0.05, 0) is 62.5 Å². The van der Waals surface area contributed by atoms with E-state index in [1.54, 1.807) is 0 Å². The van der Waals surface area contributed by atoms with E-state index >= 15 is 0 Å². The zero-order valence-electron chi connectivity index (χ0n) is 17.8. The van der Waals surface area contributed by atoms with Crippen molar-refractivity contribution in [2.24, 2.45) is 0 Å². The topological polar surface area (TPSA) is 33.7 Å². The van der Waals surface area contributed by atoms with Gasteiger partial charge in [0.05, 0.1) is 6.61 Å². The van der Waals surface area contributed by atoms with Gasteiger partial charge in [0.1, 0.15) is 6.61 Å². The van der Waals surface area contributed by atoms with Crippen LogP contribution in [0.1, 0.15) is 43.4 Å². The number of likely N-dealkylation sites (tertiary alicyclic amines) is 1. The summed E-state index contributed by atoms with van der Waals surface area (Å²) in [7, 11) is 0. The third-order valence-electron chi connectivity index (χ3n) is 5.66. The number of hydrogen-bond acceptors (Lipinski definition) is 4. The second-order valence-corrected chi connectivity index (χ2v) is 8.00. The van der Waals surface area contributed by atoms with Crippen LogP contribution in [0.2, 0.25) is 5.02 Å². The van der Waals surface area contributed by atoms with Crippen LogP contribution in [-0.2, 0) is 13.2 Å². The minimum atomic E-state index is 0.495. The van der Waals surface area contributed by atoms with Crippen molar-refractivity contribution in [3.63, 3.8) is 0 Å². The fourth-order valence-electron chi connectivity index (χ4n) is 3.94. The minimum absolute atomic E-state index is 0.495. The van der Waals surface area contributed by atoms with E-state index in [9.17, 15) is 0 Å². The lowest BCUT2D eigenvalue weighted by Crippen LogP contribution is -2.37. The van der Waals surface area contributed by atoms with Gasteiger partial charge in [-0.15, -0.1) is 0 Å². The molecule has 0 amide bonds. The highest BCUT2D eigenvalue weighted by molar-refractivity contribution is 6.31. The van der Waals surface area contributed by atoms with Gasteiger partial charge in [-0.1, -0.05) is 42.8 Å². The Labute approximate surface area is 180 Å². The lowest BCUT2D eigenvalue weighted by atomic mass is 10.1. The third-order valence-corrected chi connectivity index (χ3v) is 6.01. The summed E-state index contributed by atoms with van der Waals surface area (Å²) < 4.78 is 11.9.